The second-order valence-corrected chi connectivity index (χ2v) is 4.82. The minimum absolute atomic E-state index is 0.0644. The van der Waals surface area contributed by atoms with Crippen molar-refractivity contribution in [1.29, 1.82) is 0 Å². The number of carbonyl (C=O) groups excluding carboxylic acids is 2. The Balaban J connectivity index is 2.50. The van der Waals surface area contributed by atoms with Gasteiger partial charge in [-0.2, -0.15) is 11.8 Å². The van der Waals surface area contributed by atoms with Gasteiger partial charge in [-0.05, 0) is 12.2 Å². The van der Waals surface area contributed by atoms with E-state index in [1.54, 1.807) is 11.8 Å². The highest BCUT2D eigenvalue weighted by Gasteiger charge is 2.32. The van der Waals surface area contributed by atoms with E-state index in [4.69, 9.17) is 0 Å². The van der Waals surface area contributed by atoms with Crippen molar-refractivity contribution in [3.8, 4) is 0 Å². The fourth-order valence-corrected chi connectivity index (χ4v) is 2.16. The number of nitrogens with zero attached hydrogens (tertiary/aromatic N) is 1. The SMILES string of the molecule is CCSCCN1C(=O)CNC(CC)C1=O. The summed E-state index contributed by atoms with van der Waals surface area (Å²) in [6, 6.07) is -0.172. The number of piperazine rings is 1. The van der Waals surface area contributed by atoms with Crippen molar-refractivity contribution in [1.82, 2.24) is 10.2 Å². The van der Waals surface area contributed by atoms with E-state index >= 15 is 0 Å². The van der Waals surface area contributed by atoms with Crippen LogP contribution < -0.4 is 5.32 Å². The molecule has 0 radical (unpaired) electrons. The van der Waals surface area contributed by atoms with Crippen molar-refractivity contribution >= 4 is 23.6 Å². The van der Waals surface area contributed by atoms with Gasteiger partial charge in [0.25, 0.3) is 0 Å². The quantitative estimate of drug-likeness (QED) is 0.551. The summed E-state index contributed by atoms with van der Waals surface area (Å²) in [5.41, 5.74) is 0. The summed E-state index contributed by atoms with van der Waals surface area (Å²) in [5.74, 6) is 1.70. The largest absolute Gasteiger partial charge is 0.297 e. The van der Waals surface area contributed by atoms with Gasteiger partial charge in [-0.3, -0.25) is 19.8 Å². The molecule has 86 valence electrons. The van der Waals surface area contributed by atoms with Gasteiger partial charge in [0.15, 0.2) is 0 Å². The van der Waals surface area contributed by atoms with Gasteiger partial charge in [0.1, 0.15) is 0 Å². The van der Waals surface area contributed by atoms with E-state index in [0.29, 0.717) is 13.1 Å². The molecule has 15 heavy (non-hydrogen) atoms. The van der Waals surface area contributed by atoms with Crippen molar-refractivity contribution in [2.24, 2.45) is 0 Å². The lowest BCUT2D eigenvalue weighted by molar-refractivity contribution is -0.148. The van der Waals surface area contributed by atoms with E-state index in [1.165, 1.54) is 4.90 Å². The predicted octanol–water partition coefficient (Wildman–Crippen LogP) is 0.476. The van der Waals surface area contributed by atoms with Crippen LogP contribution in [-0.2, 0) is 9.59 Å². The van der Waals surface area contributed by atoms with Crippen LogP contribution >= 0.6 is 11.8 Å². The van der Waals surface area contributed by atoms with Crippen molar-refractivity contribution in [3.63, 3.8) is 0 Å². The van der Waals surface area contributed by atoms with Gasteiger partial charge in [-0.25, -0.2) is 0 Å². The maximum Gasteiger partial charge on any atom is 0.246 e. The number of carbonyl (C=O) groups is 2. The predicted molar refractivity (Wildman–Crippen MR) is 61.8 cm³/mol. The summed E-state index contributed by atoms with van der Waals surface area (Å²) in [6.45, 7) is 4.86. The summed E-state index contributed by atoms with van der Waals surface area (Å²) in [7, 11) is 0. The highest BCUT2D eigenvalue weighted by Crippen LogP contribution is 2.08. The normalized spacial score (nSPS) is 22.3. The van der Waals surface area contributed by atoms with Crippen LogP contribution in [0.5, 0.6) is 0 Å². The van der Waals surface area contributed by atoms with Gasteiger partial charge in [0.2, 0.25) is 11.8 Å². The van der Waals surface area contributed by atoms with Gasteiger partial charge in [-0.1, -0.05) is 13.8 Å². The van der Waals surface area contributed by atoms with Crippen LogP contribution in [0.1, 0.15) is 20.3 Å². The highest BCUT2D eigenvalue weighted by molar-refractivity contribution is 7.99. The van der Waals surface area contributed by atoms with Crippen LogP contribution in [0.3, 0.4) is 0 Å². The van der Waals surface area contributed by atoms with Crippen LogP contribution in [0.25, 0.3) is 0 Å². The van der Waals surface area contributed by atoms with Crippen molar-refractivity contribution in [2.75, 3.05) is 24.6 Å². The average Bonchev–Trinajstić information content (AvgIpc) is 2.23. The molecular formula is C10H18N2O2S. The number of imide groups is 1. The minimum Gasteiger partial charge on any atom is -0.297 e. The third kappa shape index (κ3) is 3.21. The summed E-state index contributed by atoms with van der Waals surface area (Å²) in [6.07, 6.45) is 0.740. The molecule has 0 bridgehead atoms. The molecular weight excluding hydrogens is 212 g/mol. The summed E-state index contributed by atoms with van der Waals surface area (Å²) in [5, 5.41) is 2.94. The van der Waals surface area contributed by atoms with E-state index in [9.17, 15) is 9.59 Å². The van der Waals surface area contributed by atoms with Gasteiger partial charge in [0, 0.05) is 12.3 Å². The van der Waals surface area contributed by atoms with Crippen molar-refractivity contribution < 1.29 is 9.59 Å². The Labute approximate surface area is 94.8 Å². The zero-order valence-electron chi connectivity index (χ0n) is 9.28. The van der Waals surface area contributed by atoms with E-state index in [2.05, 4.69) is 12.2 Å². The molecule has 1 fully saturated rings. The minimum atomic E-state index is -0.172. The van der Waals surface area contributed by atoms with E-state index in [0.717, 1.165) is 17.9 Å². The van der Waals surface area contributed by atoms with E-state index < -0.39 is 0 Å². The maximum atomic E-state index is 11.8. The number of rotatable bonds is 5. The van der Waals surface area contributed by atoms with Gasteiger partial charge in [-0.15, -0.1) is 0 Å². The fraction of sp³-hybridized carbons (Fsp3) is 0.800. The number of thioether (sulfide) groups is 1. The van der Waals surface area contributed by atoms with E-state index in [1.807, 2.05) is 6.92 Å². The molecule has 1 aliphatic rings. The molecule has 1 saturated heterocycles. The van der Waals surface area contributed by atoms with Crippen LogP contribution in [-0.4, -0.2) is 47.4 Å². The average molecular weight is 230 g/mol. The molecule has 2 amide bonds. The lowest BCUT2D eigenvalue weighted by Gasteiger charge is -2.30. The monoisotopic (exact) mass is 230 g/mol. The third-order valence-corrected chi connectivity index (χ3v) is 3.32. The number of nitrogens with one attached hydrogen (secondary N) is 1. The second kappa shape index (κ2) is 6.12. The molecule has 0 saturated carbocycles. The van der Waals surface area contributed by atoms with Crippen LogP contribution in [0, 0.1) is 0 Å². The molecule has 0 spiro atoms. The fourth-order valence-electron chi connectivity index (χ4n) is 1.56. The van der Waals surface area contributed by atoms with Crippen LogP contribution in [0.2, 0.25) is 0 Å². The molecule has 1 atom stereocenters. The smallest absolute Gasteiger partial charge is 0.246 e. The molecule has 0 aromatic rings. The van der Waals surface area contributed by atoms with Gasteiger partial charge >= 0.3 is 0 Å². The Morgan fingerprint density at radius 3 is 2.80 bits per heavy atom. The Kier molecular flexibility index (Phi) is 5.11. The number of hydrogen-bond acceptors (Lipinski definition) is 4. The summed E-state index contributed by atoms with van der Waals surface area (Å²) >= 11 is 1.75. The summed E-state index contributed by atoms with van der Waals surface area (Å²) in [4.78, 5) is 24.7. The first-order valence-corrected chi connectivity index (χ1v) is 6.51. The van der Waals surface area contributed by atoms with Crippen molar-refractivity contribution in [3.05, 3.63) is 0 Å². The van der Waals surface area contributed by atoms with Crippen LogP contribution in [0.15, 0.2) is 0 Å². The summed E-state index contributed by atoms with van der Waals surface area (Å²) < 4.78 is 0. The molecule has 1 heterocycles. The molecule has 4 nitrogen and oxygen atoms in total. The molecule has 5 heteroatoms. The first-order chi connectivity index (χ1) is 7.20. The van der Waals surface area contributed by atoms with Gasteiger partial charge < -0.3 is 0 Å². The Morgan fingerprint density at radius 1 is 1.47 bits per heavy atom. The Morgan fingerprint density at radius 2 is 2.20 bits per heavy atom. The molecule has 1 rings (SSSR count). The third-order valence-electron chi connectivity index (χ3n) is 2.44. The highest BCUT2D eigenvalue weighted by atomic mass is 32.2. The van der Waals surface area contributed by atoms with Gasteiger partial charge in [0.05, 0.1) is 12.6 Å². The standard InChI is InChI=1S/C10H18N2O2S/c1-3-8-10(14)12(5-6-15-4-2)9(13)7-11-8/h8,11H,3-7H2,1-2H3. The lowest BCUT2D eigenvalue weighted by atomic mass is 10.1. The number of hydrogen-bond donors (Lipinski definition) is 1. The molecule has 0 aromatic carbocycles. The molecule has 1 aliphatic heterocycles. The first kappa shape index (κ1) is 12.5. The first-order valence-electron chi connectivity index (χ1n) is 5.36. The van der Waals surface area contributed by atoms with Crippen molar-refractivity contribution in [2.45, 2.75) is 26.3 Å². The Hall–Kier alpha value is -0.550. The zero-order valence-corrected chi connectivity index (χ0v) is 10.1. The molecule has 1 N–H and O–H groups in total. The maximum absolute atomic E-state index is 11.8. The van der Waals surface area contributed by atoms with E-state index in [-0.39, 0.29) is 17.9 Å². The Bertz CT molecular complexity index is 246. The second-order valence-electron chi connectivity index (χ2n) is 3.42. The number of amides is 2. The topological polar surface area (TPSA) is 49.4 Å². The molecule has 0 aromatic heterocycles. The molecule has 1 unspecified atom stereocenters. The van der Waals surface area contributed by atoms with Crippen LogP contribution in [0.4, 0.5) is 0 Å². The molecule has 0 aliphatic carbocycles. The lowest BCUT2D eigenvalue weighted by Crippen LogP contribution is -2.58. The zero-order chi connectivity index (χ0) is 11.3.